The molecule has 1 saturated heterocycles. The number of benzene rings is 1. The van der Waals surface area contributed by atoms with E-state index in [9.17, 15) is 14.4 Å². The molecule has 0 radical (unpaired) electrons. The summed E-state index contributed by atoms with van der Waals surface area (Å²) >= 11 is 0. The predicted molar refractivity (Wildman–Crippen MR) is 106 cm³/mol. The van der Waals surface area contributed by atoms with Crippen molar-refractivity contribution in [2.45, 2.75) is 46.0 Å². The smallest absolute Gasteiger partial charge is 0.231 e. The first-order chi connectivity index (χ1) is 12.9. The van der Waals surface area contributed by atoms with Gasteiger partial charge in [0, 0.05) is 13.0 Å². The first-order valence-corrected chi connectivity index (χ1v) is 9.61. The molecule has 0 saturated carbocycles. The lowest BCUT2D eigenvalue weighted by atomic mass is 9.97. The quantitative estimate of drug-likeness (QED) is 0.649. The molecule has 0 bridgehead atoms. The van der Waals surface area contributed by atoms with Gasteiger partial charge in [-0.25, -0.2) is 0 Å². The summed E-state index contributed by atoms with van der Waals surface area (Å²) in [7, 11) is 0. The van der Waals surface area contributed by atoms with Gasteiger partial charge < -0.3 is 16.4 Å². The van der Waals surface area contributed by atoms with Gasteiger partial charge in [-0.3, -0.25) is 19.3 Å². The summed E-state index contributed by atoms with van der Waals surface area (Å²) in [6, 6.07) is 5.58. The maximum atomic E-state index is 12.8. The van der Waals surface area contributed by atoms with Crippen LogP contribution in [0.4, 0.5) is 11.4 Å². The lowest BCUT2D eigenvalue weighted by Gasteiger charge is -2.31. The van der Waals surface area contributed by atoms with Crippen LogP contribution in [0.25, 0.3) is 0 Å². The Kier molecular flexibility index (Phi) is 7.79. The van der Waals surface area contributed by atoms with E-state index in [1.807, 2.05) is 36.9 Å². The second kappa shape index (κ2) is 10.1. The van der Waals surface area contributed by atoms with E-state index in [0.29, 0.717) is 24.3 Å². The van der Waals surface area contributed by atoms with Crippen molar-refractivity contribution in [1.82, 2.24) is 4.90 Å². The van der Waals surface area contributed by atoms with Crippen LogP contribution in [0.5, 0.6) is 0 Å². The zero-order chi connectivity index (χ0) is 19.8. The van der Waals surface area contributed by atoms with Crippen molar-refractivity contribution in [3.05, 3.63) is 23.8 Å². The van der Waals surface area contributed by atoms with Crippen LogP contribution in [-0.2, 0) is 14.4 Å². The third-order valence-electron chi connectivity index (χ3n) is 4.72. The Morgan fingerprint density at radius 2 is 2.00 bits per heavy atom. The number of amides is 3. The fraction of sp³-hybridized carbons (Fsp3) is 0.550. The lowest BCUT2D eigenvalue weighted by molar-refractivity contribution is -0.124. The summed E-state index contributed by atoms with van der Waals surface area (Å²) in [5.41, 5.74) is 7.48. The van der Waals surface area contributed by atoms with Gasteiger partial charge in [-0.2, -0.15) is 0 Å². The normalized spacial score (nSPS) is 17.3. The molecule has 1 aliphatic heterocycles. The van der Waals surface area contributed by atoms with Gasteiger partial charge in [0.15, 0.2) is 0 Å². The number of nitrogens with two attached hydrogens (primary N) is 1. The predicted octanol–water partition coefficient (Wildman–Crippen LogP) is 2.26. The fourth-order valence-corrected chi connectivity index (χ4v) is 3.29. The van der Waals surface area contributed by atoms with Gasteiger partial charge in [0.25, 0.3) is 0 Å². The molecule has 1 aromatic carbocycles. The van der Waals surface area contributed by atoms with E-state index in [1.165, 1.54) is 0 Å². The number of hydrogen-bond acceptors (Lipinski definition) is 4. The minimum Gasteiger partial charge on any atom is -0.369 e. The number of nitrogens with zero attached hydrogens (tertiary/aromatic N) is 1. The maximum absolute atomic E-state index is 12.8. The number of aryl methyl sites for hydroxylation is 1. The van der Waals surface area contributed by atoms with Crippen molar-refractivity contribution < 1.29 is 14.4 Å². The van der Waals surface area contributed by atoms with E-state index >= 15 is 0 Å². The highest BCUT2D eigenvalue weighted by molar-refractivity contribution is 6.00. The molecule has 0 unspecified atom stereocenters. The zero-order valence-electron chi connectivity index (χ0n) is 16.2. The van der Waals surface area contributed by atoms with Gasteiger partial charge in [-0.1, -0.05) is 19.4 Å². The number of likely N-dealkylation sites (tertiary alicyclic amines) is 1. The first-order valence-electron chi connectivity index (χ1n) is 9.61. The highest BCUT2D eigenvalue weighted by atomic mass is 16.2. The van der Waals surface area contributed by atoms with Crippen LogP contribution in [0.2, 0.25) is 0 Å². The van der Waals surface area contributed by atoms with Crippen LogP contribution in [0.15, 0.2) is 18.2 Å². The number of rotatable bonds is 8. The number of nitrogens with one attached hydrogen (secondary N) is 2. The topological polar surface area (TPSA) is 105 Å². The second-order valence-corrected chi connectivity index (χ2v) is 7.23. The molecule has 1 aliphatic rings. The largest absolute Gasteiger partial charge is 0.369 e. The van der Waals surface area contributed by atoms with Gasteiger partial charge in [-0.05, 0) is 50.4 Å². The average molecular weight is 374 g/mol. The van der Waals surface area contributed by atoms with E-state index < -0.39 is 0 Å². The molecule has 0 aliphatic carbocycles. The van der Waals surface area contributed by atoms with Crippen molar-refractivity contribution in [3.8, 4) is 0 Å². The summed E-state index contributed by atoms with van der Waals surface area (Å²) in [6.45, 7) is 5.44. The van der Waals surface area contributed by atoms with E-state index in [4.69, 9.17) is 5.73 Å². The zero-order valence-corrected chi connectivity index (χ0v) is 16.2. The Hall–Kier alpha value is -2.41. The van der Waals surface area contributed by atoms with E-state index in [1.54, 1.807) is 0 Å². The van der Waals surface area contributed by atoms with Crippen molar-refractivity contribution >= 4 is 29.1 Å². The molecule has 1 heterocycles. The maximum Gasteiger partial charge on any atom is 0.231 e. The van der Waals surface area contributed by atoms with Crippen LogP contribution in [0, 0.1) is 12.8 Å². The van der Waals surface area contributed by atoms with Crippen molar-refractivity contribution in [3.63, 3.8) is 0 Å². The van der Waals surface area contributed by atoms with Gasteiger partial charge in [-0.15, -0.1) is 0 Å². The molecule has 4 N–H and O–H groups in total. The fourth-order valence-electron chi connectivity index (χ4n) is 3.29. The third-order valence-corrected chi connectivity index (χ3v) is 4.72. The Bertz CT molecular complexity index is 690. The van der Waals surface area contributed by atoms with Gasteiger partial charge in [0.2, 0.25) is 17.7 Å². The minimum atomic E-state index is -0.383. The molecular formula is C20H30N4O3. The van der Waals surface area contributed by atoms with Crippen LogP contribution in [0.1, 0.15) is 44.6 Å². The average Bonchev–Trinajstić information content (AvgIpc) is 2.62. The van der Waals surface area contributed by atoms with Crippen LogP contribution >= 0.6 is 0 Å². The molecule has 1 atom stereocenters. The summed E-state index contributed by atoms with van der Waals surface area (Å²) < 4.78 is 0. The number of hydrogen-bond donors (Lipinski definition) is 3. The molecule has 0 aromatic heterocycles. The van der Waals surface area contributed by atoms with Crippen molar-refractivity contribution in [2.24, 2.45) is 11.7 Å². The number of carbonyl (C=O) groups excluding carboxylic acids is 3. The summed E-state index contributed by atoms with van der Waals surface area (Å²) in [5, 5.41) is 5.85. The standard InChI is InChI=1S/C20H30N4O3/c1-3-4-7-19(26)22-16-9-8-14(2)11-17(16)23-20(27)15-6-5-10-24(12-15)13-18(21)25/h8-9,11,15H,3-7,10,12-13H2,1-2H3,(H2,21,25)(H,22,26)(H,23,27)/t15-/m1/s1. The summed E-state index contributed by atoms with van der Waals surface area (Å²) in [6.07, 6.45) is 3.86. The highest BCUT2D eigenvalue weighted by Crippen LogP contribution is 2.26. The monoisotopic (exact) mass is 374 g/mol. The summed E-state index contributed by atoms with van der Waals surface area (Å²) in [4.78, 5) is 37.9. The van der Waals surface area contributed by atoms with Crippen LogP contribution < -0.4 is 16.4 Å². The molecule has 148 valence electrons. The van der Waals surface area contributed by atoms with Gasteiger partial charge >= 0.3 is 0 Å². The van der Waals surface area contributed by atoms with Crippen LogP contribution in [-0.4, -0.2) is 42.3 Å². The van der Waals surface area contributed by atoms with Gasteiger partial charge in [0.1, 0.15) is 0 Å². The SMILES string of the molecule is CCCCC(=O)Nc1ccc(C)cc1NC(=O)[C@@H]1CCCN(CC(N)=O)C1. The van der Waals surface area contributed by atoms with E-state index in [-0.39, 0.29) is 30.2 Å². The second-order valence-electron chi connectivity index (χ2n) is 7.23. The Labute approximate surface area is 160 Å². The highest BCUT2D eigenvalue weighted by Gasteiger charge is 2.27. The van der Waals surface area contributed by atoms with E-state index in [2.05, 4.69) is 10.6 Å². The summed E-state index contributed by atoms with van der Waals surface area (Å²) in [5.74, 6) is -0.741. The molecule has 1 aromatic rings. The Morgan fingerprint density at radius 1 is 1.22 bits per heavy atom. The number of primary amides is 1. The molecule has 2 rings (SSSR count). The first kappa shape index (κ1) is 20.9. The number of unbranched alkanes of at least 4 members (excludes halogenated alkanes) is 1. The lowest BCUT2D eigenvalue weighted by Crippen LogP contribution is -2.44. The van der Waals surface area contributed by atoms with Gasteiger partial charge in [0.05, 0.1) is 23.8 Å². The Balaban J connectivity index is 2.04. The molecule has 1 fully saturated rings. The van der Waals surface area contributed by atoms with Crippen molar-refractivity contribution in [2.75, 3.05) is 30.3 Å². The number of piperidine rings is 1. The van der Waals surface area contributed by atoms with E-state index in [0.717, 1.165) is 37.8 Å². The molecule has 7 nitrogen and oxygen atoms in total. The molecule has 3 amide bonds. The van der Waals surface area contributed by atoms with Crippen molar-refractivity contribution in [1.29, 1.82) is 0 Å². The molecule has 7 heteroatoms. The Morgan fingerprint density at radius 3 is 2.70 bits per heavy atom. The minimum absolute atomic E-state index is 0.0542. The number of anilines is 2. The molecule has 0 spiro atoms. The van der Waals surface area contributed by atoms with Crippen LogP contribution in [0.3, 0.4) is 0 Å². The molecule has 27 heavy (non-hydrogen) atoms. The number of carbonyl (C=O) groups is 3. The third kappa shape index (κ3) is 6.67. The molecular weight excluding hydrogens is 344 g/mol.